The molecule has 2 rings (SSSR count). The van der Waals surface area contributed by atoms with Crippen molar-refractivity contribution < 1.29 is 0 Å². The van der Waals surface area contributed by atoms with Crippen molar-refractivity contribution in [3.63, 3.8) is 0 Å². The molecular weight excluding hydrogens is 210 g/mol. The first kappa shape index (κ1) is 12.1. The summed E-state index contributed by atoms with van der Waals surface area (Å²) in [4.78, 5) is 2.06. The van der Waals surface area contributed by atoms with Gasteiger partial charge in [0.15, 0.2) is 0 Å². The molecule has 0 spiro atoms. The normalized spacial score (nSPS) is 18.7. The summed E-state index contributed by atoms with van der Waals surface area (Å²) in [5, 5.41) is 13.1. The third-order valence-corrected chi connectivity index (χ3v) is 3.04. The van der Waals surface area contributed by atoms with Gasteiger partial charge in [-0.3, -0.25) is 5.32 Å². The van der Waals surface area contributed by atoms with Crippen molar-refractivity contribution in [3.05, 3.63) is 35.9 Å². The van der Waals surface area contributed by atoms with E-state index in [1.54, 1.807) is 0 Å². The van der Waals surface area contributed by atoms with Gasteiger partial charge < -0.3 is 4.90 Å². The maximum atomic E-state index is 9.62. The minimum Gasteiger partial charge on any atom is -0.306 e. The van der Waals surface area contributed by atoms with Crippen molar-refractivity contribution in [2.75, 3.05) is 20.6 Å². The zero-order valence-electron chi connectivity index (χ0n) is 10.5. The second-order valence-electron chi connectivity index (χ2n) is 5.04. The molecule has 1 N–H and O–H groups in total. The second-order valence-corrected chi connectivity index (χ2v) is 5.04. The van der Waals surface area contributed by atoms with E-state index in [0.29, 0.717) is 12.6 Å². The van der Waals surface area contributed by atoms with Gasteiger partial charge in [0.1, 0.15) is 5.54 Å². The molecule has 0 aromatic heterocycles. The maximum Gasteiger partial charge on any atom is 0.145 e. The first-order chi connectivity index (χ1) is 8.16. The molecule has 17 heavy (non-hydrogen) atoms. The first-order valence-corrected chi connectivity index (χ1v) is 6.05. The van der Waals surface area contributed by atoms with E-state index in [0.717, 1.165) is 5.56 Å². The summed E-state index contributed by atoms with van der Waals surface area (Å²) < 4.78 is 0. The number of nitriles is 1. The fourth-order valence-electron chi connectivity index (χ4n) is 2.13. The van der Waals surface area contributed by atoms with Crippen LogP contribution in [0.25, 0.3) is 0 Å². The second kappa shape index (κ2) is 4.87. The van der Waals surface area contributed by atoms with Gasteiger partial charge in [-0.15, -0.1) is 0 Å². The van der Waals surface area contributed by atoms with Gasteiger partial charge in [-0.25, -0.2) is 0 Å². The summed E-state index contributed by atoms with van der Waals surface area (Å²) in [7, 11) is 4.01. The lowest BCUT2D eigenvalue weighted by atomic mass is 9.90. The summed E-state index contributed by atoms with van der Waals surface area (Å²) in [6, 6.07) is 13.0. The fourth-order valence-corrected chi connectivity index (χ4v) is 2.13. The molecule has 1 aromatic rings. The van der Waals surface area contributed by atoms with E-state index in [-0.39, 0.29) is 0 Å². The fraction of sp³-hybridized carbons (Fsp3) is 0.500. The van der Waals surface area contributed by atoms with Crippen molar-refractivity contribution in [1.29, 1.82) is 5.26 Å². The number of nitrogens with zero attached hydrogens (tertiary/aromatic N) is 2. The van der Waals surface area contributed by atoms with E-state index < -0.39 is 5.54 Å². The van der Waals surface area contributed by atoms with E-state index >= 15 is 0 Å². The van der Waals surface area contributed by atoms with Crippen LogP contribution in [-0.2, 0) is 5.54 Å². The number of nitrogens with one attached hydrogen (secondary N) is 1. The lowest BCUT2D eigenvalue weighted by Crippen LogP contribution is -2.49. The molecule has 3 heteroatoms. The molecule has 0 saturated heterocycles. The van der Waals surface area contributed by atoms with Crippen LogP contribution in [0.3, 0.4) is 0 Å². The Balaban J connectivity index is 2.30. The van der Waals surface area contributed by atoms with Crippen LogP contribution in [-0.4, -0.2) is 31.6 Å². The number of benzene rings is 1. The van der Waals surface area contributed by atoms with Crippen LogP contribution in [0, 0.1) is 11.3 Å². The highest BCUT2D eigenvalue weighted by Gasteiger charge is 2.38. The molecule has 1 aromatic carbocycles. The molecule has 1 atom stereocenters. The Labute approximate surface area is 103 Å². The van der Waals surface area contributed by atoms with Crippen LogP contribution in [0.2, 0.25) is 0 Å². The summed E-state index contributed by atoms with van der Waals surface area (Å²) >= 11 is 0. The van der Waals surface area contributed by atoms with Crippen molar-refractivity contribution in [2.45, 2.75) is 24.4 Å². The average molecular weight is 229 g/mol. The largest absolute Gasteiger partial charge is 0.306 e. The highest BCUT2D eigenvalue weighted by atomic mass is 15.1. The topological polar surface area (TPSA) is 39.1 Å². The van der Waals surface area contributed by atoms with Crippen LogP contribution >= 0.6 is 0 Å². The molecule has 90 valence electrons. The molecule has 1 aliphatic rings. The summed E-state index contributed by atoms with van der Waals surface area (Å²) in [5.74, 6) is 0. The van der Waals surface area contributed by atoms with E-state index in [9.17, 15) is 5.26 Å². The molecule has 3 nitrogen and oxygen atoms in total. The predicted octanol–water partition coefficient (Wildman–Crippen LogP) is 1.72. The highest BCUT2D eigenvalue weighted by molar-refractivity contribution is 5.32. The molecule has 1 unspecified atom stereocenters. The Morgan fingerprint density at radius 2 is 2.00 bits per heavy atom. The Kier molecular flexibility index (Phi) is 3.46. The van der Waals surface area contributed by atoms with Gasteiger partial charge in [0.2, 0.25) is 0 Å². The number of hydrogen-bond donors (Lipinski definition) is 1. The molecule has 1 saturated carbocycles. The predicted molar refractivity (Wildman–Crippen MR) is 68.4 cm³/mol. The van der Waals surface area contributed by atoms with Crippen LogP contribution < -0.4 is 5.32 Å². The van der Waals surface area contributed by atoms with Gasteiger partial charge in [-0.1, -0.05) is 30.3 Å². The molecule has 1 aliphatic carbocycles. The molecule has 0 heterocycles. The summed E-state index contributed by atoms with van der Waals surface area (Å²) in [6.45, 7) is 0.698. The minimum atomic E-state index is -0.577. The lowest BCUT2D eigenvalue weighted by molar-refractivity contribution is 0.285. The molecular formula is C14H19N3. The Morgan fingerprint density at radius 1 is 1.35 bits per heavy atom. The molecule has 0 bridgehead atoms. The number of hydrogen-bond acceptors (Lipinski definition) is 3. The van der Waals surface area contributed by atoms with E-state index in [1.165, 1.54) is 12.8 Å². The summed E-state index contributed by atoms with van der Waals surface area (Å²) in [6.07, 6.45) is 2.37. The lowest BCUT2D eigenvalue weighted by Gasteiger charge is -2.31. The average Bonchev–Trinajstić information content (AvgIpc) is 3.12. The zero-order chi connectivity index (χ0) is 12.3. The van der Waals surface area contributed by atoms with E-state index in [1.807, 2.05) is 44.4 Å². The van der Waals surface area contributed by atoms with Gasteiger partial charge >= 0.3 is 0 Å². The number of likely N-dealkylation sites (N-methyl/N-ethyl adjacent to an activating group) is 1. The third kappa shape index (κ3) is 2.85. The third-order valence-electron chi connectivity index (χ3n) is 3.04. The van der Waals surface area contributed by atoms with Crippen molar-refractivity contribution in [2.24, 2.45) is 0 Å². The van der Waals surface area contributed by atoms with Crippen LogP contribution in [0.4, 0.5) is 0 Å². The SMILES string of the molecule is CN(C)CC(C#N)(NC1CC1)c1ccccc1. The monoisotopic (exact) mass is 229 g/mol. The van der Waals surface area contributed by atoms with Gasteiger partial charge in [-0.2, -0.15) is 5.26 Å². The summed E-state index contributed by atoms with van der Waals surface area (Å²) in [5.41, 5.74) is 0.481. The Hall–Kier alpha value is -1.37. The zero-order valence-corrected chi connectivity index (χ0v) is 10.5. The minimum absolute atomic E-state index is 0.509. The molecule has 0 radical (unpaired) electrons. The molecule has 0 aliphatic heterocycles. The van der Waals surface area contributed by atoms with Crippen LogP contribution in [0.5, 0.6) is 0 Å². The molecule has 1 fully saturated rings. The quantitative estimate of drug-likeness (QED) is 0.835. The van der Waals surface area contributed by atoms with Gasteiger partial charge in [0.25, 0.3) is 0 Å². The van der Waals surface area contributed by atoms with Crippen LogP contribution in [0.1, 0.15) is 18.4 Å². The number of rotatable bonds is 5. The first-order valence-electron chi connectivity index (χ1n) is 6.05. The van der Waals surface area contributed by atoms with Gasteiger partial charge in [0.05, 0.1) is 6.07 Å². The maximum absolute atomic E-state index is 9.62. The van der Waals surface area contributed by atoms with Crippen molar-refractivity contribution in [1.82, 2.24) is 10.2 Å². The van der Waals surface area contributed by atoms with E-state index in [4.69, 9.17) is 0 Å². The van der Waals surface area contributed by atoms with Crippen LogP contribution in [0.15, 0.2) is 30.3 Å². The van der Waals surface area contributed by atoms with Crippen molar-refractivity contribution >= 4 is 0 Å². The molecule has 0 amide bonds. The van der Waals surface area contributed by atoms with E-state index in [2.05, 4.69) is 16.3 Å². The van der Waals surface area contributed by atoms with Crippen molar-refractivity contribution in [3.8, 4) is 6.07 Å². The Morgan fingerprint density at radius 3 is 2.47 bits per heavy atom. The van der Waals surface area contributed by atoms with Gasteiger partial charge in [0, 0.05) is 12.6 Å². The smallest absolute Gasteiger partial charge is 0.145 e. The van der Waals surface area contributed by atoms with Gasteiger partial charge in [-0.05, 0) is 32.5 Å². The highest BCUT2D eigenvalue weighted by Crippen LogP contribution is 2.28. The standard InChI is InChI=1S/C14H19N3/c1-17(2)11-14(10-15,16-13-8-9-13)12-6-4-3-5-7-12/h3-7,13,16H,8-9,11H2,1-2H3. The Bertz CT molecular complexity index is 397.